The predicted molar refractivity (Wildman–Crippen MR) is 88.4 cm³/mol. The van der Waals surface area contributed by atoms with E-state index in [1.807, 2.05) is 33.1 Å². The Morgan fingerprint density at radius 2 is 2.27 bits per heavy atom. The molecule has 1 N–H and O–H groups in total. The third kappa shape index (κ3) is 5.05. The van der Waals surface area contributed by atoms with Crippen molar-refractivity contribution < 1.29 is 9.53 Å². The van der Waals surface area contributed by atoms with Gasteiger partial charge in [0.1, 0.15) is 11.4 Å². The summed E-state index contributed by atoms with van der Waals surface area (Å²) >= 11 is 1.53. The van der Waals surface area contributed by atoms with Gasteiger partial charge in [-0.2, -0.15) is 0 Å². The lowest BCUT2D eigenvalue weighted by Crippen LogP contribution is -2.49. The number of ether oxygens (including phenoxy) is 1. The fourth-order valence-electron chi connectivity index (χ4n) is 2.38. The van der Waals surface area contributed by atoms with Crippen LogP contribution in [0.2, 0.25) is 0 Å². The van der Waals surface area contributed by atoms with Crippen molar-refractivity contribution in [3.8, 4) is 0 Å². The van der Waals surface area contributed by atoms with Crippen LogP contribution in [0.3, 0.4) is 0 Å². The summed E-state index contributed by atoms with van der Waals surface area (Å²) in [7, 11) is 0. The molecule has 1 aliphatic rings. The summed E-state index contributed by atoms with van der Waals surface area (Å²) in [6, 6.07) is 1.99. The van der Waals surface area contributed by atoms with Crippen molar-refractivity contribution in [2.24, 2.45) is 0 Å². The fraction of sp³-hybridized carbons (Fsp3) is 0.667. The number of hydrogen-bond donors (Lipinski definition) is 1. The summed E-state index contributed by atoms with van der Waals surface area (Å²) in [5.74, 6) is 0.912. The van der Waals surface area contributed by atoms with Crippen LogP contribution >= 0.6 is 11.8 Å². The van der Waals surface area contributed by atoms with Crippen molar-refractivity contribution in [3.63, 3.8) is 0 Å². The van der Waals surface area contributed by atoms with Crippen molar-refractivity contribution in [1.82, 2.24) is 15.3 Å². The maximum atomic E-state index is 11.9. The molecule has 2 rings (SSSR count). The Hall–Kier alpha value is -1.50. The Balaban J connectivity index is 1.95. The van der Waals surface area contributed by atoms with Crippen molar-refractivity contribution in [2.75, 3.05) is 24.2 Å². The van der Waals surface area contributed by atoms with Crippen LogP contribution in [0.25, 0.3) is 0 Å². The summed E-state index contributed by atoms with van der Waals surface area (Å²) in [5, 5.41) is 3.72. The number of piperidine rings is 1. The van der Waals surface area contributed by atoms with Crippen LogP contribution in [-0.2, 0) is 4.74 Å². The third-order valence-corrected chi connectivity index (χ3v) is 3.83. The summed E-state index contributed by atoms with van der Waals surface area (Å²) in [4.78, 5) is 22.8. The normalized spacial score (nSPS) is 18.9. The molecule has 0 unspecified atom stereocenters. The molecular formula is C15H24N4O2S. The number of alkyl carbamates (subject to hydrolysis) is 1. The van der Waals surface area contributed by atoms with Gasteiger partial charge in [-0.1, -0.05) is 11.8 Å². The molecule has 1 amide bonds. The second-order valence-corrected chi connectivity index (χ2v) is 7.11. The second kappa shape index (κ2) is 7.17. The van der Waals surface area contributed by atoms with Crippen LogP contribution in [0.15, 0.2) is 17.4 Å². The van der Waals surface area contributed by atoms with Crippen LogP contribution in [-0.4, -0.2) is 47.0 Å². The zero-order valence-electron chi connectivity index (χ0n) is 13.6. The Kier molecular flexibility index (Phi) is 5.50. The van der Waals surface area contributed by atoms with Gasteiger partial charge >= 0.3 is 6.09 Å². The van der Waals surface area contributed by atoms with E-state index in [0.717, 1.165) is 36.9 Å². The Labute approximate surface area is 136 Å². The smallest absolute Gasteiger partial charge is 0.407 e. The van der Waals surface area contributed by atoms with E-state index in [9.17, 15) is 4.79 Å². The Bertz CT molecular complexity index is 519. The Morgan fingerprint density at radius 1 is 1.50 bits per heavy atom. The lowest BCUT2D eigenvalue weighted by Gasteiger charge is -2.34. The molecule has 1 aromatic rings. The molecule has 0 bridgehead atoms. The summed E-state index contributed by atoms with van der Waals surface area (Å²) in [6.45, 7) is 7.28. The van der Waals surface area contributed by atoms with Gasteiger partial charge < -0.3 is 15.0 Å². The molecule has 122 valence electrons. The molecule has 0 spiro atoms. The average Bonchev–Trinajstić information content (AvgIpc) is 2.45. The number of nitrogens with one attached hydrogen (secondary N) is 1. The SMILES string of the molecule is CSc1nccc(N2CCC[C@@H](NC(=O)OC(C)(C)C)C2)n1. The van der Waals surface area contributed by atoms with Crippen molar-refractivity contribution in [1.29, 1.82) is 0 Å². The molecule has 0 saturated carbocycles. The van der Waals surface area contributed by atoms with Crippen LogP contribution in [0.5, 0.6) is 0 Å². The lowest BCUT2D eigenvalue weighted by atomic mass is 10.1. The number of rotatable bonds is 3. The highest BCUT2D eigenvalue weighted by molar-refractivity contribution is 7.98. The lowest BCUT2D eigenvalue weighted by molar-refractivity contribution is 0.0500. The quantitative estimate of drug-likeness (QED) is 0.681. The summed E-state index contributed by atoms with van der Waals surface area (Å²) in [5.41, 5.74) is -0.474. The molecule has 6 nitrogen and oxygen atoms in total. The number of carbonyl (C=O) groups is 1. The molecule has 2 heterocycles. The Morgan fingerprint density at radius 3 is 2.95 bits per heavy atom. The summed E-state index contributed by atoms with van der Waals surface area (Å²) in [6.07, 6.45) is 5.35. The molecule has 22 heavy (non-hydrogen) atoms. The highest BCUT2D eigenvalue weighted by atomic mass is 32.2. The van der Waals surface area contributed by atoms with Crippen LogP contribution in [0.4, 0.5) is 10.6 Å². The van der Waals surface area contributed by atoms with Gasteiger partial charge in [0.2, 0.25) is 0 Å². The number of carbonyl (C=O) groups excluding carboxylic acids is 1. The van der Waals surface area contributed by atoms with E-state index in [4.69, 9.17) is 4.74 Å². The fourth-order valence-corrected chi connectivity index (χ4v) is 2.73. The van der Waals surface area contributed by atoms with E-state index in [-0.39, 0.29) is 12.1 Å². The van der Waals surface area contributed by atoms with E-state index in [1.54, 1.807) is 6.20 Å². The van der Waals surface area contributed by atoms with Crippen molar-refractivity contribution >= 4 is 23.7 Å². The zero-order chi connectivity index (χ0) is 16.2. The van der Waals surface area contributed by atoms with E-state index < -0.39 is 5.60 Å². The molecule has 1 aromatic heterocycles. The van der Waals surface area contributed by atoms with Crippen LogP contribution < -0.4 is 10.2 Å². The van der Waals surface area contributed by atoms with Gasteiger partial charge in [0.05, 0.1) is 0 Å². The molecule has 1 fully saturated rings. The number of amides is 1. The number of thioether (sulfide) groups is 1. The number of aromatic nitrogens is 2. The van der Waals surface area contributed by atoms with Crippen molar-refractivity contribution in [2.45, 2.75) is 50.4 Å². The zero-order valence-corrected chi connectivity index (χ0v) is 14.4. The van der Waals surface area contributed by atoms with Gasteiger partial charge in [0, 0.05) is 25.3 Å². The van der Waals surface area contributed by atoms with E-state index in [2.05, 4.69) is 20.2 Å². The molecule has 0 aliphatic carbocycles. The van der Waals surface area contributed by atoms with Gasteiger partial charge in [-0.25, -0.2) is 14.8 Å². The largest absolute Gasteiger partial charge is 0.444 e. The first-order valence-electron chi connectivity index (χ1n) is 7.49. The van der Waals surface area contributed by atoms with Crippen LogP contribution in [0, 0.1) is 0 Å². The number of nitrogens with zero attached hydrogens (tertiary/aromatic N) is 3. The number of anilines is 1. The minimum absolute atomic E-state index is 0.0799. The predicted octanol–water partition coefficient (Wildman–Crippen LogP) is 2.69. The molecule has 1 atom stereocenters. The van der Waals surface area contributed by atoms with Crippen molar-refractivity contribution in [3.05, 3.63) is 12.3 Å². The van der Waals surface area contributed by atoms with E-state index in [0.29, 0.717) is 0 Å². The van der Waals surface area contributed by atoms with Crippen LogP contribution in [0.1, 0.15) is 33.6 Å². The maximum absolute atomic E-state index is 11.9. The number of hydrogen-bond acceptors (Lipinski definition) is 6. The third-order valence-electron chi connectivity index (χ3n) is 3.27. The van der Waals surface area contributed by atoms with Gasteiger partial charge in [0.25, 0.3) is 0 Å². The molecule has 1 aliphatic heterocycles. The minimum Gasteiger partial charge on any atom is -0.444 e. The standard InChI is InChI=1S/C15H24N4O2S/c1-15(2,3)21-14(20)17-11-6-5-9-19(10-11)12-7-8-16-13(18-12)22-4/h7-8,11H,5-6,9-10H2,1-4H3,(H,17,20)/t11-/m1/s1. The van der Waals surface area contributed by atoms with E-state index >= 15 is 0 Å². The second-order valence-electron chi connectivity index (χ2n) is 6.33. The van der Waals surface area contributed by atoms with Gasteiger partial charge in [-0.05, 0) is 45.9 Å². The highest BCUT2D eigenvalue weighted by Crippen LogP contribution is 2.20. The highest BCUT2D eigenvalue weighted by Gasteiger charge is 2.25. The molecule has 0 radical (unpaired) electrons. The first-order chi connectivity index (χ1) is 10.4. The van der Waals surface area contributed by atoms with Gasteiger partial charge in [-0.3, -0.25) is 0 Å². The molecule has 7 heteroatoms. The first kappa shape index (κ1) is 16.9. The topological polar surface area (TPSA) is 67.4 Å². The molecular weight excluding hydrogens is 300 g/mol. The average molecular weight is 324 g/mol. The first-order valence-corrected chi connectivity index (χ1v) is 8.71. The maximum Gasteiger partial charge on any atom is 0.407 e. The molecule has 0 aromatic carbocycles. The van der Waals surface area contributed by atoms with E-state index in [1.165, 1.54) is 11.8 Å². The van der Waals surface area contributed by atoms with Gasteiger partial charge in [-0.15, -0.1) is 0 Å². The minimum atomic E-state index is -0.474. The van der Waals surface area contributed by atoms with Gasteiger partial charge in [0.15, 0.2) is 5.16 Å². The summed E-state index contributed by atoms with van der Waals surface area (Å²) < 4.78 is 5.32. The monoisotopic (exact) mass is 324 g/mol. The molecule has 1 saturated heterocycles.